The summed E-state index contributed by atoms with van der Waals surface area (Å²) >= 11 is 1.68. The summed E-state index contributed by atoms with van der Waals surface area (Å²) in [7, 11) is 0. The molecule has 1 rings (SSSR count). The van der Waals surface area contributed by atoms with E-state index in [0.29, 0.717) is 23.9 Å². The Kier molecular flexibility index (Phi) is 5.80. The SMILES string of the molecule is CSC(C)Cn1c(C)c(CC(C)C(=O)O)c(C)nc1=O. The molecule has 0 amide bonds. The fraction of sp³-hybridized carbons (Fsp3) is 0.643. The molecule has 0 saturated carbocycles. The molecule has 5 nitrogen and oxygen atoms in total. The maximum absolute atomic E-state index is 12.0. The standard InChI is InChI=1S/C14H22N2O3S/c1-8(13(17)18)6-12-10(3)15-14(19)16(11(12)4)7-9(2)20-5/h8-9H,6-7H2,1-5H3,(H,17,18). The summed E-state index contributed by atoms with van der Waals surface area (Å²) < 4.78 is 1.65. The molecule has 0 aromatic carbocycles. The Morgan fingerprint density at radius 1 is 1.40 bits per heavy atom. The number of nitrogens with zero attached hydrogens (tertiary/aromatic N) is 2. The van der Waals surface area contributed by atoms with Crippen LogP contribution in [-0.4, -0.2) is 32.1 Å². The van der Waals surface area contributed by atoms with Gasteiger partial charge in [0.15, 0.2) is 0 Å². The molecule has 0 bridgehead atoms. The molecule has 1 N–H and O–H groups in total. The molecule has 0 aliphatic carbocycles. The summed E-state index contributed by atoms with van der Waals surface area (Å²) in [6, 6.07) is 0. The van der Waals surface area contributed by atoms with Crippen molar-refractivity contribution in [2.45, 2.75) is 45.9 Å². The lowest BCUT2D eigenvalue weighted by atomic mass is 9.99. The van der Waals surface area contributed by atoms with Crippen LogP contribution < -0.4 is 5.69 Å². The Morgan fingerprint density at radius 3 is 2.50 bits per heavy atom. The topological polar surface area (TPSA) is 72.2 Å². The van der Waals surface area contributed by atoms with Gasteiger partial charge in [0.2, 0.25) is 0 Å². The predicted molar refractivity (Wildman–Crippen MR) is 81.5 cm³/mol. The molecule has 0 radical (unpaired) electrons. The highest BCUT2D eigenvalue weighted by Gasteiger charge is 2.18. The van der Waals surface area contributed by atoms with Crippen LogP contribution in [0.5, 0.6) is 0 Å². The van der Waals surface area contributed by atoms with Crippen LogP contribution in [0.25, 0.3) is 0 Å². The second-order valence-electron chi connectivity index (χ2n) is 5.14. The molecule has 1 heterocycles. The maximum Gasteiger partial charge on any atom is 0.348 e. The summed E-state index contributed by atoms with van der Waals surface area (Å²) in [5, 5.41) is 9.35. The third-order valence-electron chi connectivity index (χ3n) is 3.55. The van der Waals surface area contributed by atoms with Crippen molar-refractivity contribution in [1.82, 2.24) is 9.55 Å². The van der Waals surface area contributed by atoms with Gasteiger partial charge in [-0.25, -0.2) is 4.79 Å². The lowest BCUT2D eigenvalue weighted by molar-refractivity contribution is -0.141. The Labute approximate surface area is 123 Å². The number of carboxylic acid groups (broad SMARTS) is 1. The molecular weight excluding hydrogens is 276 g/mol. The third kappa shape index (κ3) is 3.85. The van der Waals surface area contributed by atoms with Crippen LogP contribution in [0, 0.1) is 19.8 Å². The average molecular weight is 298 g/mol. The fourth-order valence-electron chi connectivity index (χ4n) is 2.08. The van der Waals surface area contributed by atoms with E-state index in [4.69, 9.17) is 5.11 Å². The monoisotopic (exact) mass is 298 g/mol. The van der Waals surface area contributed by atoms with E-state index < -0.39 is 11.9 Å². The number of carboxylic acids is 1. The van der Waals surface area contributed by atoms with Crippen molar-refractivity contribution < 1.29 is 9.90 Å². The molecule has 0 fully saturated rings. The lowest BCUT2D eigenvalue weighted by Crippen LogP contribution is -2.31. The van der Waals surface area contributed by atoms with Gasteiger partial charge < -0.3 is 5.11 Å². The van der Waals surface area contributed by atoms with Crippen molar-refractivity contribution in [3.05, 3.63) is 27.4 Å². The van der Waals surface area contributed by atoms with Crippen molar-refractivity contribution in [3.8, 4) is 0 Å². The first-order valence-electron chi connectivity index (χ1n) is 6.60. The molecule has 2 atom stereocenters. The van der Waals surface area contributed by atoms with Crippen LogP contribution in [0.3, 0.4) is 0 Å². The maximum atomic E-state index is 12.0. The van der Waals surface area contributed by atoms with E-state index in [9.17, 15) is 9.59 Å². The van der Waals surface area contributed by atoms with Crippen LogP contribution in [0.1, 0.15) is 30.8 Å². The highest BCUT2D eigenvalue weighted by Crippen LogP contribution is 2.17. The third-order valence-corrected chi connectivity index (χ3v) is 4.50. The first kappa shape index (κ1) is 16.8. The van der Waals surface area contributed by atoms with Gasteiger partial charge in [-0.15, -0.1) is 0 Å². The number of aromatic nitrogens is 2. The zero-order chi connectivity index (χ0) is 15.4. The second kappa shape index (κ2) is 6.92. The Bertz CT molecular complexity index is 554. The van der Waals surface area contributed by atoms with Gasteiger partial charge >= 0.3 is 11.7 Å². The Hall–Kier alpha value is -1.30. The van der Waals surface area contributed by atoms with Crippen molar-refractivity contribution in [1.29, 1.82) is 0 Å². The molecule has 0 aliphatic rings. The number of thioether (sulfide) groups is 1. The van der Waals surface area contributed by atoms with E-state index >= 15 is 0 Å². The zero-order valence-electron chi connectivity index (χ0n) is 12.6. The zero-order valence-corrected chi connectivity index (χ0v) is 13.5. The van der Waals surface area contributed by atoms with E-state index in [-0.39, 0.29) is 5.69 Å². The van der Waals surface area contributed by atoms with E-state index in [2.05, 4.69) is 11.9 Å². The quantitative estimate of drug-likeness (QED) is 0.868. The Morgan fingerprint density at radius 2 is 2.00 bits per heavy atom. The van der Waals surface area contributed by atoms with E-state index in [1.807, 2.05) is 13.2 Å². The number of aliphatic carboxylic acids is 1. The molecule has 1 aromatic rings. The lowest BCUT2D eigenvalue weighted by Gasteiger charge is -2.18. The van der Waals surface area contributed by atoms with Gasteiger partial charge in [0.1, 0.15) is 0 Å². The van der Waals surface area contributed by atoms with Gasteiger partial charge in [0, 0.05) is 23.2 Å². The van der Waals surface area contributed by atoms with Gasteiger partial charge in [-0.05, 0) is 32.1 Å². The first-order valence-corrected chi connectivity index (χ1v) is 7.89. The largest absolute Gasteiger partial charge is 0.481 e. The summed E-state index contributed by atoms with van der Waals surface area (Å²) in [6.07, 6.45) is 2.40. The summed E-state index contributed by atoms with van der Waals surface area (Å²) in [5.74, 6) is -1.32. The number of rotatable bonds is 6. The minimum absolute atomic E-state index is 0.257. The fourth-order valence-corrected chi connectivity index (χ4v) is 2.37. The minimum atomic E-state index is -0.834. The Balaban J connectivity index is 3.22. The molecular formula is C14H22N2O3S. The predicted octanol–water partition coefficient (Wildman–Crippen LogP) is 1.87. The van der Waals surface area contributed by atoms with E-state index in [1.165, 1.54) is 0 Å². The number of aryl methyl sites for hydroxylation is 1. The van der Waals surface area contributed by atoms with Crippen molar-refractivity contribution in [2.24, 2.45) is 5.92 Å². The van der Waals surface area contributed by atoms with E-state index in [1.54, 1.807) is 30.2 Å². The van der Waals surface area contributed by atoms with Crippen molar-refractivity contribution in [2.75, 3.05) is 6.26 Å². The molecule has 0 spiro atoms. The molecule has 20 heavy (non-hydrogen) atoms. The summed E-state index contributed by atoms with van der Waals surface area (Å²) in [6.45, 7) is 7.94. The molecule has 2 unspecified atom stereocenters. The van der Waals surface area contributed by atoms with Crippen LogP contribution in [0.4, 0.5) is 0 Å². The van der Waals surface area contributed by atoms with Crippen LogP contribution >= 0.6 is 11.8 Å². The highest BCUT2D eigenvalue weighted by molar-refractivity contribution is 7.99. The van der Waals surface area contributed by atoms with Gasteiger partial charge in [0.05, 0.1) is 5.92 Å². The molecule has 112 valence electrons. The highest BCUT2D eigenvalue weighted by atomic mass is 32.2. The molecule has 1 aromatic heterocycles. The van der Waals surface area contributed by atoms with Crippen LogP contribution in [0.15, 0.2) is 4.79 Å². The molecule has 0 saturated heterocycles. The average Bonchev–Trinajstić information content (AvgIpc) is 2.38. The summed E-state index contributed by atoms with van der Waals surface area (Å²) in [4.78, 5) is 27.1. The normalized spacial score (nSPS) is 14.1. The summed E-state index contributed by atoms with van der Waals surface area (Å²) in [5.41, 5.74) is 2.07. The van der Waals surface area contributed by atoms with E-state index in [0.717, 1.165) is 11.3 Å². The van der Waals surface area contributed by atoms with Crippen LogP contribution in [-0.2, 0) is 17.8 Å². The van der Waals surface area contributed by atoms with Crippen molar-refractivity contribution >= 4 is 17.7 Å². The number of hydrogen-bond donors (Lipinski definition) is 1. The molecule has 0 aliphatic heterocycles. The van der Waals surface area contributed by atoms with Gasteiger partial charge in [-0.3, -0.25) is 9.36 Å². The van der Waals surface area contributed by atoms with Gasteiger partial charge in [0.25, 0.3) is 0 Å². The van der Waals surface area contributed by atoms with Crippen molar-refractivity contribution in [3.63, 3.8) is 0 Å². The second-order valence-corrected chi connectivity index (χ2v) is 6.42. The minimum Gasteiger partial charge on any atom is -0.481 e. The first-order chi connectivity index (χ1) is 9.27. The van der Waals surface area contributed by atoms with Gasteiger partial charge in [-0.1, -0.05) is 13.8 Å². The number of hydrogen-bond acceptors (Lipinski definition) is 4. The molecule has 6 heteroatoms. The number of carbonyl (C=O) groups is 1. The van der Waals surface area contributed by atoms with Gasteiger partial charge in [-0.2, -0.15) is 16.7 Å². The smallest absolute Gasteiger partial charge is 0.348 e. The van der Waals surface area contributed by atoms with Crippen LogP contribution in [0.2, 0.25) is 0 Å².